The van der Waals surface area contributed by atoms with Crippen LogP contribution in [0.15, 0.2) is 23.8 Å². The normalized spacial score (nSPS) is 33.0. The fraction of sp³-hybridized carbons (Fsp3) is 0.692. The first-order chi connectivity index (χ1) is 6.29. The van der Waals surface area contributed by atoms with Gasteiger partial charge in [-0.05, 0) is 49.0 Å². The molecule has 0 aromatic heterocycles. The van der Waals surface area contributed by atoms with Crippen LogP contribution in [-0.2, 0) is 0 Å². The van der Waals surface area contributed by atoms with Gasteiger partial charge in [-0.2, -0.15) is 0 Å². The van der Waals surface area contributed by atoms with Gasteiger partial charge >= 0.3 is 0 Å². The summed E-state index contributed by atoms with van der Waals surface area (Å²) in [6, 6.07) is 0. The van der Waals surface area contributed by atoms with E-state index in [1.54, 1.807) is 5.57 Å². The molecule has 72 valence electrons. The summed E-state index contributed by atoms with van der Waals surface area (Å²) in [5.74, 6) is 2.70. The van der Waals surface area contributed by atoms with Crippen LogP contribution in [0.25, 0.3) is 0 Å². The van der Waals surface area contributed by atoms with E-state index in [2.05, 4.69) is 32.1 Å². The molecule has 0 saturated heterocycles. The highest BCUT2D eigenvalue weighted by molar-refractivity contribution is 5.27. The van der Waals surface area contributed by atoms with E-state index in [1.165, 1.54) is 25.7 Å². The van der Waals surface area contributed by atoms with Crippen molar-refractivity contribution in [1.82, 2.24) is 0 Å². The van der Waals surface area contributed by atoms with Crippen LogP contribution in [0.1, 0.15) is 39.5 Å². The van der Waals surface area contributed by atoms with Crippen LogP contribution in [0.2, 0.25) is 0 Å². The van der Waals surface area contributed by atoms with Crippen LogP contribution in [-0.4, -0.2) is 0 Å². The zero-order valence-corrected chi connectivity index (χ0v) is 8.79. The van der Waals surface area contributed by atoms with Gasteiger partial charge < -0.3 is 0 Å². The second-order valence-electron chi connectivity index (χ2n) is 4.78. The number of rotatable bonds is 1. The topological polar surface area (TPSA) is 0 Å². The van der Waals surface area contributed by atoms with E-state index in [-0.39, 0.29) is 0 Å². The summed E-state index contributed by atoms with van der Waals surface area (Å²) in [6.45, 7) is 4.76. The first kappa shape index (κ1) is 9.05. The van der Waals surface area contributed by atoms with Crippen molar-refractivity contribution in [3.63, 3.8) is 0 Å². The predicted molar refractivity (Wildman–Crippen MR) is 57.5 cm³/mol. The Kier molecular flexibility index (Phi) is 2.57. The van der Waals surface area contributed by atoms with Crippen LogP contribution in [0.4, 0.5) is 0 Å². The minimum atomic E-state index is 0.861. The summed E-state index contributed by atoms with van der Waals surface area (Å²) in [7, 11) is 0. The Bertz CT molecular complexity index is 232. The molecule has 0 fully saturated rings. The van der Waals surface area contributed by atoms with Crippen molar-refractivity contribution >= 4 is 0 Å². The largest absolute Gasteiger partial charge is 0.0842 e. The Morgan fingerprint density at radius 2 is 2.08 bits per heavy atom. The summed E-state index contributed by atoms with van der Waals surface area (Å²) in [6.07, 6.45) is 12.6. The molecule has 0 bridgehead atoms. The van der Waals surface area contributed by atoms with Crippen molar-refractivity contribution in [3.8, 4) is 0 Å². The quantitative estimate of drug-likeness (QED) is 0.567. The average molecular weight is 176 g/mol. The van der Waals surface area contributed by atoms with Crippen molar-refractivity contribution in [1.29, 1.82) is 0 Å². The Morgan fingerprint density at radius 3 is 2.85 bits per heavy atom. The molecule has 0 radical (unpaired) electrons. The van der Waals surface area contributed by atoms with Crippen LogP contribution < -0.4 is 0 Å². The van der Waals surface area contributed by atoms with Crippen molar-refractivity contribution in [2.75, 3.05) is 0 Å². The van der Waals surface area contributed by atoms with Crippen molar-refractivity contribution in [2.45, 2.75) is 39.5 Å². The van der Waals surface area contributed by atoms with Gasteiger partial charge in [0.15, 0.2) is 0 Å². The number of fused-ring (bicyclic) bond motifs is 1. The molecule has 2 unspecified atom stereocenters. The van der Waals surface area contributed by atoms with Gasteiger partial charge in [0.1, 0.15) is 0 Å². The summed E-state index contributed by atoms with van der Waals surface area (Å²) >= 11 is 0. The third-order valence-corrected chi connectivity index (χ3v) is 3.64. The van der Waals surface area contributed by atoms with Gasteiger partial charge in [0.05, 0.1) is 0 Å². The lowest BCUT2D eigenvalue weighted by Gasteiger charge is -2.36. The molecule has 0 N–H and O–H groups in total. The maximum absolute atomic E-state index is 2.46. The number of hydrogen-bond donors (Lipinski definition) is 0. The maximum atomic E-state index is 2.46. The molecule has 0 heterocycles. The molecular formula is C13H20. The highest BCUT2D eigenvalue weighted by Crippen LogP contribution is 2.40. The molecule has 0 saturated carbocycles. The average Bonchev–Trinajstić information content (AvgIpc) is 2.17. The Hall–Kier alpha value is -0.520. The van der Waals surface area contributed by atoms with E-state index in [9.17, 15) is 0 Å². The van der Waals surface area contributed by atoms with Crippen LogP contribution in [0.5, 0.6) is 0 Å². The van der Waals surface area contributed by atoms with Crippen molar-refractivity contribution in [3.05, 3.63) is 23.8 Å². The SMILES string of the molecule is CC(C)C1CCC=C2C=CCCC21. The lowest BCUT2D eigenvalue weighted by atomic mass is 9.69. The van der Waals surface area contributed by atoms with Gasteiger partial charge in [0.25, 0.3) is 0 Å². The molecule has 13 heavy (non-hydrogen) atoms. The molecule has 2 aliphatic rings. The van der Waals surface area contributed by atoms with Crippen LogP contribution >= 0.6 is 0 Å². The maximum Gasteiger partial charge on any atom is -0.0131 e. The van der Waals surface area contributed by atoms with E-state index in [0.29, 0.717) is 0 Å². The standard InChI is InChI=1S/C13H20/c1-10(2)12-9-5-7-11-6-3-4-8-13(11)12/h3,6-7,10,12-13H,4-5,8-9H2,1-2H3. The van der Waals surface area contributed by atoms with E-state index < -0.39 is 0 Å². The second kappa shape index (κ2) is 3.69. The summed E-state index contributed by atoms with van der Waals surface area (Å²) in [5.41, 5.74) is 1.64. The first-order valence-electron chi connectivity index (χ1n) is 5.65. The molecule has 2 rings (SSSR count). The number of hydrogen-bond acceptors (Lipinski definition) is 0. The van der Waals surface area contributed by atoms with Gasteiger partial charge in [-0.3, -0.25) is 0 Å². The summed E-state index contributed by atoms with van der Waals surface area (Å²) in [4.78, 5) is 0. The Labute approximate surface area is 81.7 Å². The summed E-state index contributed by atoms with van der Waals surface area (Å²) in [5, 5.41) is 0. The lowest BCUT2D eigenvalue weighted by molar-refractivity contribution is 0.246. The van der Waals surface area contributed by atoms with Gasteiger partial charge in [-0.1, -0.05) is 32.1 Å². The monoisotopic (exact) mass is 176 g/mol. The first-order valence-corrected chi connectivity index (χ1v) is 5.65. The van der Waals surface area contributed by atoms with E-state index in [1.807, 2.05) is 0 Å². The fourth-order valence-corrected chi connectivity index (χ4v) is 2.91. The third kappa shape index (κ3) is 1.72. The lowest BCUT2D eigenvalue weighted by Crippen LogP contribution is -2.25. The smallest absolute Gasteiger partial charge is 0.0131 e. The van der Waals surface area contributed by atoms with Gasteiger partial charge in [0, 0.05) is 0 Å². The molecule has 0 aromatic carbocycles. The zero-order chi connectivity index (χ0) is 9.26. The molecule has 0 spiro atoms. The Morgan fingerprint density at radius 1 is 1.23 bits per heavy atom. The van der Waals surface area contributed by atoms with Crippen LogP contribution in [0, 0.1) is 17.8 Å². The van der Waals surface area contributed by atoms with Gasteiger partial charge in [0.2, 0.25) is 0 Å². The summed E-state index contributed by atoms with van der Waals surface area (Å²) < 4.78 is 0. The van der Waals surface area contributed by atoms with Crippen LogP contribution in [0.3, 0.4) is 0 Å². The van der Waals surface area contributed by atoms with Crippen molar-refractivity contribution in [2.24, 2.45) is 17.8 Å². The zero-order valence-electron chi connectivity index (χ0n) is 8.79. The van der Waals surface area contributed by atoms with E-state index >= 15 is 0 Å². The van der Waals surface area contributed by atoms with E-state index in [0.717, 1.165) is 17.8 Å². The molecule has 0 heteroatoms. The second-order valence-corrected chi connectivity index (χ2v) is 4.78. The van der Waals surface area contributed by atoms with E-state index in [4.69, 9.17) is 0 Å². The minimum absolute atomic E-state index is 0.861. The Balaban J connectivity index is 2.19. The highest BCUT2D eigenvalue weighted by Gasteiger charge is 2.29. The van der Waals surface area contributed by atoms with Crippen molar-refractivity contribution < 1.29 is 0 Å². The molecule has 2 atom stereocenters. The molecule has 0 nitrogen and oxygen atoms in total. The third-order valence-electron chi connectivity index (χ3n) is 3.64. The predicted octanol–water partition coefficient (Wildman–Crippen LogP) is 3.95. The molecular weight excluding hydrogens is 156 g/mol. The molecule has 0 aliphatic heterocycles. The number of allylic oxidation sites excluding steroid dienone is 4. The minimum Gasteiger partial charge on any atom is -0.0842 e. The molecule has 2 aliphatic carbocycles. The van der Waals surface area contributed by atoms with Gasteiger partial charge in [-0.15, -0.1) is 0 Å². The molecule has 0 aromatic rings. The van der Waals surface area contributed by atoms with Gasteiger partial charge in [-0.25, -0.2) is 0 Å². The molecule has 0 amide bonds. The highest BCUT2D eigenvalue weighted by atomic mass is 14.3. The fourth-order valence-electron chi connectivity index (χ4n) is 2.91.